The zero-order chi connectivity index (χ0) is 19.1. The molecular formula is C19H23F3N2O. The second-order valence-electron chi connectivity index (χ2n) is 6.71. The number of nitrogens with two attached hydrogens (primary N) is 1. The molecule has 0 bridgehead atoms. The van der Waals surface area contributed by atoms with Crippen LogP contribution in [0.15, 0.2) is 24.3 Å². The minimum atomic E-state index is -4.39. The first kappa shape index (κ1) is 19.1. The van der Waals surface area contributed by atoms with Crippen LogP contribution in [0, 0.1) is 19.8 Å². The zero-order valence-corrected chi connectivity index (χ0v) is 15.0. The van der Waals surface area contributed by atoms with Crippen LogP contribution in [0.1, 0.15) is 54.1 Å². The number of carbonyl (C=O) groups excluding carboxylic acids is 1. The highest BCUT2D eigenvalue weighted by atomic mass is 19.4. The highest BCUT2D eigenvalue weighted by molar-refractivity contribution is 6.02. The standard InChI is InChI=1S/C19H23F3N2O/c1-10(2)11(3)24-12(4)16(17(13(24)5)18(23)25)14-6-8-15(9-7-14)19(20,21)22/h6-11H,1-5H3,(H2,23,25). The molecule has 0 spiro atoms. The van der Waals surface area contributed by atoms with E-state index in [1.165, 1.54) is 12.1 Å². The van der Waals surface area contributed by atoms with Gasteiger partial charge < -0.3 is 10.3 Å². The van der Waals surface area contributed by atoms with Gasteiger partial charge in [0.1, 0.15) is 0 Å². The van der Waals surface area contributed by atoms with Gasteiger partial charge in [0.05, 0.1) is 11.1 Å². The maximum absolute atomic E-state index is 12.8. The number of aromatic nitrogens is 1. The van der Waals surface area contributed by atoms with Crippen molar-refractivity contribution in [2.24, 2.45) is 11.7 Å². The Morgan fingerprint density at radius 1 is 1.04 bits per heavy atom. The molecule has 1 aromatic carbocycles. The molecule has 6 heteroatoms. The molecule has 0 aliphatic carbocycles. The van der Waals surface area contributed by atoms with Crippen molar-refractivity contribution in [1.82, 2.24) is 4.57 Å². The lowest BCUT2D eigenvalue weighted by atomic mass is 9.99. The van der Waals surface area contributed by atoms with E-state index in [2.05, 4.69) is 13.8 Å². The number of primary amides is 1. The summed E-state index contributed by atoms with van der Waals surface area (Å²) in [7, 11) is 0. The molecule has 1 aromatic heterocycles. The van der Waals surface area contributed by atoms with Crippen LogP contribution in [0.5, 0.6) is 0 Å². The Morgan fingerprint density at radius 3 is 1.96 bits per heavy atom. The van der Waals surface area contributed by atoms with Gasteiger partial charge in [-0.05, 0) is 44.4 Å². The first-order valence-corrected chi connectivity index (χ1v) is 8.15. The maximum Gasteiger partial charge on any atom is 0.416 e. The molecule has 1 amide bonds. The van der Waals surface area contributed by atoms with Crippen molar-refractivity contribution >= 4 is 5.91 Å². The topological polar surface area (TPSA) is 48.0 Å². The smallest absolute Gasteiger partial charge is 0.366 e. The number of halogens is 3. The molecule has 0 saturated heterocycles. The van der Waals surface area contributed by atoms with E-state index in [-0.39, 0.29) is 6.04 Å². The molecule has 3 nitrogen and oxygen atoms in total. The predicted molar refractivity (Wildman–Crippen MR) is 92.4 cm³/mol. The molecule has 0 aliphatic heterocycles. The van der Waals surface area contributed by atoms with Gasteiger partial charge in [-0.2, -0.15) is 13.2 Å². The molecule has 2 N–H and O–H groups in total. The van der Waals surface area contributed by atoms with E-state index in [0.29, 0.717) is 22.6 Å². The van der Waals surface area contributed by atoms with E-state index in [0.717, 1.165) is 23.5 Å². The fourth-order valence-corrected chi connectivity index (χ4v) is 3.24. The van der Waals surface area contributed by atoms with E-state index in [4.69, 9.17) is 5.73 Å². The fraction of sp³-hybridized carbons (Fsp3) is 0.421. The van der Waals surface area contributed by atoms with Gasteiger partial charge in [-0.1, -0.05) is 26.0 Å². The zero-order valence-electron chi connectivity index (χ0n) is 15.0. The second kappa shape index (κ2) is 6.58. The number of hydrogen-bond acceptors (Lipinski definition) is 1. The van der Waals surface area contributed by atoms with E-state index in [1.54, 1.807) is 0 Å². The Kier molecular flexibility index (Phi) is 5.02. The molecule has 136 valence electrons. The number of rotatable bonds is 4. The van der Waals surface area contributed by atoms with Crippen LogP contribution in [0.4, 0.5) is 13.2 Å². The van der Waals surface area contributed by atoms with Crippen LogP contribution in [-0.4, -0.2) is 10.5 Å². The summed E-state index contributed by atoms with van der Waals surface area (Å²) in [5.41, 5.74) is 7.94. The summed E-state index contributed by atoms with van der Waals surface area (Å²) in [4.78, 5) is 12.0. The summed E-state index contributed by atoms with van der Waals surface area (Å²) in [5.74, 6) is -0.254. The Morgan fingerprint density at radius 2 is 1.56 bits per heavy atom. The van der Waals surface area contributed by atoms with Gasteiger partial charge in [0.2, 0.25) is 0 Å². The second-order valence-corrected chi connectivity index (χ2v) is 6.71. The summed E-state index contributed by atoms with van der Waals surface area (Å²) < 4.78 is 40.4. The fourth-order valence-electron chi connectivity index (χ4n) is 3.24. The van der Waals surface area contributed by atoms with Crippen LogP contribution in [0.2, 0.25) is 0 Å². The quantitative estimate of drug-likeness (QED) is 0.817. The van der Waals surface area contributed by atoms with E-state index < -0.39 is 17.6 Å². The Hall–Kier alpha value is -2.24. The molecule has 0 aliphatic rings. The third kappa shape index (κ3) is 3.43. The molecule has 1 atom stereocenters. The van der Waals surface area contributed by atoms with Gasteiger partial charge in [0, 0.05) is 23.0 Å². The number of benzene rings is 1. The normalized spacial score (nSPS) is 13.3. The maximum atomic E-state index is 12.8. The molecule has 0 fully saturated rings. The molecule has 1 heterocycles. The minimum Gasteiger partial charge on any atom is -0.366 e. The number of nitrogens with zero attached hydrogens (tertiary/aromatic N) is 1. The average Bonchev–Trinajstić information content (AvgIpc) is 2.76. The van der Waals surface area contributed by atoms with Crippen LogP contribution in [0.3, 0.4) is 0 Å². The lowest BCUT2D eigenvalue weighted by molar-refractivity contribution is -0.137. The lowest BCUT2D eigenvalue weighted by Crippen LogP contribution is -2.16. The molecule has 0 radical (unpaired) electrons. The third-order valence-electron chi connectivity index (χ3n) is 4.82. The van der Waals surface area contributed by atoms with Gasteiger partial charge in [-0.3, -0.25) is 4.79 Å². The van der Waals surface area contributed by atoms with E-state index >= 15 is 0 Å². The summed E-state index contributed by atoms with van der Waals surface area (Å²) >= 11 is 0. The van der Waals surface area contributed by atoms with Crippen molar-refractivity contribution in [3.05, 3.63) is 46.8 Å². The van der Waals surface area contributed by atoms with E-state index in [1.807, 2.05) is 25.3 Å². The SMILES string of the molecule is Cc1c(C(N)=O)c(-c2ccc(C(F)(F)F)cc2)c(C)n1C(C)C(C)C. The highest BCUT2D eigenvalue weighted by Crippen LogP contribution is 2.37. The van der Waals surface area contributed by atoms with Gasteiger partial charge in [0.15, 0.2) is 0 Å². The molecule has 2 rings (SSSR count). The number of hydrogen-bond donors (Lipinski definition) is 1. The first-order chi connectivity index (χ1) is 11.5. The Bertz CT molecular complexity index is 786. The van der Waals surface area contributed by atoms with Crippen molar-refractivity contribution in [3.63, 3.8) is 0 Å². The predicted octanol–water partition coefficient (Wildman–Crippen LogP) is 5.11. The third-order valence-corrected chi connectivity index (χ3v) is 4.82. The van der Waals surface area contributed by atoms with Crippen LogP contribution in [-0.2, 0) is 6.18 Å². The molecule has 2 aromatic rings. The molecule has 25 heavy (non-hydrogen) atoms. The van der Waals surface area contributed by atoms with Gasteiger partial charge in [-0.15, -0.1) is 0 Å². The van der Waals surface area contributed by atoms with Gasteiger partial charge >= 0.3 is 6.18 Å². The molecule has 1 unspecified atom stereocenters. The minimum absolute atomic E-state index is 0.126. The Labute approximate surface area is 145 Å². The van der Waals surface area contributed by atoms with Gasteiger partial charge in [-0.25, -0.2) is 0 Å². The van der Waals surface area contributed by atoms with E-state index in [9.17, 15) is 18.0 Å². The lowest BCUT2D eigenvalue weighted by Gasteiger charge is -2.22. The monoisotopic (exact) mass is 352 g/mol. The molecule has 0 saturated carbocycles. The summed E-state index contributed by atoms with van der Waals surface area (Å²) in [6, 6.07) is 4.96. The summed E-state index contributed by atoms with van der Waals surface area (Å²) in [6.07, 6.45) is -4.39. The first-order valence-electron chi connectivity index (χ1n) is 8.15. The van der Waals surface area contributed by atoms with Gasteiger partial charge in [0.25, 0.3) is 5.91 Å². The van der Waals surface area contributed by atoms with Crippen LogP contribution >= 0.6 is 0 Å². The van der Waals surface area contributed by atoms with Crippen molar-refractivity contribution in [2.45, 2.75) is 46.8 Å². The van der Waals surface area contributed by atoms with Crippen molar-refractivity contribution in [3.8, 4) is 11.1 Å². The largest absolute Gasteiger partial charge is 0.416 e. The van der Waals surface area contributed by atoms with Crippen LogP contribution in [0.25, 0.3) is 11.1 Å². The number of alkyl halides is 3. The summed E-state index contributed by atoms with van der Waals surface area (Å²) in [5, 5.41) is 0. The summed E-state index contributed by atoms with van der Waals surface area (Å²) in [6.45, 7) is 9.88. The number of amides is 1. The van der Waals surface area contributed by atoms with Crippen LogP contribution < -0.4 is 5.73 Å². The van der Waals surface area contributed by atoms with Crippen molar-refractivity contribution in [2.75, 3.05) is 0 Å². The van der Waals surface area contributed by atoms with Crippen molar-refractivity contribution < 1.29 is 18.0 Å². The highest BCUT2D eigenvalue weighted by Gasteiger charge is 2.31. The van der Waals surface area contributed by atoms with Crippen molar-refractivity contribution in [1.29, 1.82) is 0 Å². The Balaban J connectivity index is 2.69. The molecular weight excluding hydrogens is 329 g/mol. The average molecular weight is 352 g/mol. The number of carbonyl (C=O) groups is 1.